The minimum atomic E-state index is -3.94. The summed E-state index contributed by atoms with van der Waals surface area (Å²) >= 11 is 0. The van der Waals surface area contributed by atoms with E-state index in [0.29, 0.717) is 18.4 Å². The van der Waals surface area contributed by atoms with Crippen LogP contribution in [-0.4, -0.2) is 27.0 Å². The Labute approximate surface area is 122 Å². The fourth-order valence-corrected chi connectivity index (χ4v) is 4.46. The summed E-state index contributed by atoms with van der Waals surface area (Å²) < 4.78 is 53.6. The van der Waals surface area contributed by atoms with Gasteiger partial charge in [0.15, 0.2) is 0 Å². The summed E-state index contributed by atoms with van der Waals surface area (Å²) in [4.78, 5) is -0.381. The van der Waals surface area contributed by atoms with E-state index < -0.39 is 21.7 Å². The molecule has 1 aliphatic heterocycles. The highest BCUT2D eigenvalue weighted by atomic mass is 32.2. The van der Waals surface area contributed by atoms with Gasteiger partial charge in [-0.15, -0.1) is 0 Å². The molecule has 8 heteroatoms. The second-order valence-corrected chi connectivity index (χ2v) is 7.29. The highest BCUT2D eigenvalue weighted by Crippen LogP contribution is 2.28. The Bertz CT molecular complexity index is 618. The molecule has 1 saturated carbocycles. The first-order valence-corrected chi connectivity index (χ1v) is 8.41. The number of halogens is 2. The van der Waals surface area contributed by atoms with Crippen molar-refractivity contribution in [3.05, 3.63) is 29.8 Å². The van der Waals surface area contributed by atoms with Crippen molar-refractivity contribution in [1.82, 2.24) is 15.6 Å². The van der Waals surface area contributed by atoms with Crippen LogP contribution in [0.15, 0.2) is 23.1 Å². The van der Waals surface area contributed by atoms with E-state index in [1.807, 2.05) is 0 Å². The number of hydrazine groups is 1. The van der Waals surface area contributed by atoms with Gasteiger partial charge in [0.05, 0.1) is 4.90 Å². The lowest BCUT2D eigenvalue weighted by atomic mass is 9.83. The third-order valence-electron chi connectivity index (χ3n) is 4.12. The van der Waals surface area contributed by atoms with Crippen molar-refractivity contribution in [2.75, 3.05) is 6.54 Å². The molecule has 2 fully saturated rings. The van der Waals surface area contributed by atoms with Crippen LogP contribution >= 0.6 is 0 Å². The van der Waals surface area contributed by atoms with Crippen molar-refractivity contribution in [3.63, 3.8) is 0 Å². The lowest BCUT2D eigenvalue weighted by Gasteiger charge is -2.33. The van der Waals surface area contributed by atoms with E-state index in [1.165, 1.54) is 0 Å². The quantitative estimate of drug-likeness (QED) is 0.774. The maximum absolute atomic E-state index is 13.2. The van der Waals surface area contributed by atoms with Gasteiger partial charge in [-0.2, -0.15) is 0 Å². The average molecular weight is 317 g/mol. The molecule has 0 bridgehead atoms. The fourth-order valence-electron chi connectivity index (χ4n) is 3.13. The molecular weight excluding hydrogens is 300 g/mol. The molecule has 1 saturated heterocycles. The Balaban J connectivity index is 1.82. The van der Waals surface area contributed by atoms with Gasteiger partial charge in [-0.05, 0) is 30.9 Å². The summed E-state index contributed by atoms with van der Waals surface area (Å²) in [6.45, 7) is 0.803. The zero-order chi connectivity index (χ0) is 15.0. The molecule has 1 aliphatic carbocycles. The van der Waals surface area contributed by atoms with E-state index in [2.05, 4.69) is 15.6 Å². The lowest BCUT2D eigenvalue weighted by Crippen LogP contribution is -2.52. The number of benzene rings is 1. The van der Waals surface area contributed by atoms with Crippen LogP contribution in [0.3, 0.4) is 0 Å². The Morgan fingerprint density at radius 2 is 1.86 bits per heavy atom. The first-order valence-electron chi connectivity index (χ1n) is 6.92. The number of hydrogen-bond acceptors (Lipinski definition) is 4. The van der Waals surface area contributed by atoms with Crippen LogP contribution < -0.4 is 15.6 Å². The van der Waals surface area contributed by atoms with Gasteiger partial charge >= 0.3 is 0 Å². The summed E-state index contributed by atoms with van der Waals surface area (Å²) in [6, 6.07) is 2.03. The van der Waals surface area contributed by atoms with Gasteiger partial charge in [0, 0.05) is 24.7 Å². The highest BCUT2D eigenvalue weighted by Gasteiger charge is 2.38. The van der Waals surface area contributed by atoms with E-state index in [0.717, 1.165) is 31.5 Å². The van der Waals surface area contributed by atoms with Crippen LogP contribution in [0.25, 0.3) is 0 Å². The molecule has 1 heterocycles. The molecule has 0 spiro atoms. The molecule has 1 aromatic rings. The zero-order valence-electron chi connectivity index (χ0n) is 11.3. The van der Waals surface area contributed by atoms with Crippen molar-refractivity contribution in [3.8, 4) is 0 Å². The molecule has 0 amide bonds. The van der Waals surface area contributed by atoms with Gasteiger partial charge in [0.2, 0.25) is 10.0 Å². The molecule has 2 aliphatic rings. The maximum Gasteiger partial charge on any atom is 0.241 e. The Morgan fingerprint density at radius 1 is 1.14 bits per heavy atom. The lowest BCUT2D eigenvalue weighted by molar-refractivity contribution is 0.279. The maximum atomic E-state index is 13.2. The van der Waals surface area contributed by atoms with Crippen molar-refractivity contribution < 1.29 is 17.2 Å². The second-order valence-electron chi connectivity index (χ2n) is 5.57. The van der Waals surface area contributed by atoms with Crippen LogP contribution in [-0.2, 0) is 10.0 Å². The predicted octanol–water partition coefficient (Wildman–Crippen LogP) is 0.888. The summed E-state index contributed by atoms with van der Waals surface area (Å²) in [5, 5.41) is 0. The van der Waals surface area contributed by atoms with E-state index in [9.17, 15) is 17.2 Å². The normalized spacial score (nSPS) is 29.3. The average Bonchev–Trinajstić information content (AvgIpc) is 2.86. The summed E-state index contributed by atoms with van der Waals surface area (Å²) in [5.41, 5.74) is 6.11. The summed E-state index contributed by atoms with van der Waals surface area (Å²) in [7, 11) is -3.94. The van der Waals surface area contributed by atoms with Crippen LogP contribution in [0.5, 0.6) is 0 Å². The molecule has 3 rings (SSSR count). The van der Waals surface area contributed by atoms with Crippen LogP contribution in [0.2, 0.25) is 0 Å². The van der Waals surface area contributed by atoms with E-state index in [-0.39, 0.29) is 17.0 Å². The number of sulfonamides is 1. The van der Waals surface area contributed by atoms with Crippen LogP contribution in [0.1, 0.15) is 19.3 Å². The molecular formula is C13H17F2N3O2S. The SMILES string of the molecule is O=S(=O)(NC1CCCC2CNNC21)c1cc(F)cc(F)c1. The first-order chi connectivity index (χ1) is 9.95. The monoisotopic (exact) mass is 317 g/mol. The minimum absolute atomic E-state index is 0.00642. The van der Waals surface area contributed by atoms with Crippen molar-refractivity contribution >= 4 is 10.0 Å². The largest absolute Gasteiger partial charge is 0.257 e. The molecule has 116 valence electrons. The topological polar surface area (TPSA) is 70.2 Å². The zero-order valence-corrected chi connectivity index (χ0v) is 12.1. The molecule has 5 nitrogen and oxygen atoms in total. The number of hydrogen-bond donors (Lipinski definition) is 3. The number of fused-ring (bicyclic) bond motifs is 1. The second kappa shape index (κ2) is 5.60. The van der Waals surface area contributed by atoms with Gasteiger partial charge in [-0.1, -0.05) is 6.42 Å². The summed E-state index contributed by atoms with van der Waals surface area (Å²) in [6.07, 6.45) is 2.67. The fraction of sp³-hybridized carbons (Fsp3) is 0.538. The molecule has 1 aromatic carbocycles. The first kappa shape index (κ1) is 14.8. The van der Waals surface area contributed by atoms with Crippen LogP contribution in [0, 0.1) is 17.6 Å². The molecule has 3 N–H and O–H groups in total. The summed E-state index contributed by atoms with van der Waals surface area (Å²) in [5.74, 6) is -1.44. The Hall–Kier alpha value is -1.09. The van der Waals surface area contributed by atoms with Gasteiger partial charge in [-0.25, -0.2) is 21.9 Å². The van der Waals surface area contributed by atoms with Gasteiger partial charge in [-0.3, -0.25) is 10.9 Å². The van der Waals surface area contributed by atoms with Gasteiger partial charge < -0.3 is 0 Å². The van der Waals surface area contributed by atoms with Gasteiger partial charge in [0.1, 0.15) is 11.6 Å². The third-order valence-corrected chi connectivity index (χ3v) is 5.59. The van der Waals surface area contributed by atoms with E-state index in [4.69, 9.17) is 0 Å². The molecule has 21 heavy (non-hydrogen) atoms. The molecule has 0 aromatic heterocycles. The van der Waals surface area contributed by atoms with Crippen molar-refractivity contribution in [1.29, 1.82) is 0 Å². The molecule has 0 radical (unpaired) electrons. The number of rotatable bonds is 3. The van der Waals surface area contributed by atoms with E-state index >= 15 is 0 Å². The standard InChI is InChI=1S/C13H17F2N3O2S/c14-9-4-10(15)6-11(5-9)21(19,20)18-12-3-1-2-8-7-16-17-13(8)12/h4-6,8,12-13,16-18H,1-3,7H2. The number of nitrogens with one attached hydrogen (secondary N) is 3. The van der Waals surface area contributed by atoms with Crippen LogP contribution in [0.4, 0.5) is 8.78 Å². The Kier molecular flexibility index (Phi) is 3.96. The van der Waals surface area contributed by atoms with Crippen molar-refractivity contribution in [2.45, 2.75) is 36.2 Å². The minimum Gasteiger partial charge on any atom is -0.257 e. The smallest absolute Gasteiger partial charge is 0.241 e. The predicted molar refractivity (Wildman–Crippen MR) is 72.7 cm³/mol. The van der Waals surface area contributed by atoms with Gasteiger partial charge in [0.25, 0.3) is 0 Å². The molecule has 3 unspecified atom stereocenters. The van der Waals surface area contributed by atoms with Crippen molar-refractivity contribution in [2.24, 2.45) is 5.92 Å². The van der Waals surface area contributed by atoms with E-state index in [1.54, 1.807) is 0 Å². The highest BCUT2D eigenvalue weighted by molar-refractivity contribution is 7.89. The molecule has 3 atom stereocenters. The third kappa shape index (κ3) is 3.08. The Morgan fingerprint density at radius 3 is 2.57 bits per heavy atom.